The minimum Gasteiger partial charge on any atom is -0.392 e. The lowest BCUT2D eigenvalue weighted by atomic mass is 9.68. The lowest BCUT2D eigenvalue weighted by Gasteiger charge is -2.46. The second-order valence-corrected chi connectivity index (χ2v) is 10.4. The van der Waals surface area contributed by atoms with Gasteiger partial charge in [0.05, 0.1) is 32.0 Å². The number of aliphatic hydroxyl groups excluding tert-OH is 2. The largest absolute Gasteiger partial charge is 0.392 e. The van der Waals surface area contributed by atoms with Crippen molar-refractivity contribution in [3.05, 3.63) is 120 Å². The molecule has 4 heteroatoms. The van der Waals surface area contributed by atoms with Crippen LogP contribution in [0.25, 0.3) is 0 Å². The van der Waals surface area contributed by atoms with Crippen molar-refractivity contribution >= 4 is 0 Å². The highest BCUT2D eigenvalue weighted by atomic mass is 16.5. The fourth-order valence-corrected chi connectivity index (χ4v) is 4.90. The molecular weight excluding hydrogens is 460 g/mol. The number of aliphatic hydroxyl groups is 2. The third kappa shape index (κ3) is 7.86. The van der Waals surface area contributed by atoms with Gasteiger partial charge in [0.2, 0.25) is 0 Å². The zero-order valence-electron chi connectivity index (χ0n) is 22.4. The fourth-order valence-electron chi connectivity index (χ4n) is 4.90. The van der Waals surface area contributed by atoms with Crippen LogP contribution in [0.2, 0.25) is 0 Å². The van der Waals surface area contributed by atoms with E-state index in [-0.39, 0.29) is 18.1 Å². The summed E-state index contributed by atoms with van der Waals surface area (Å²) in [6, 6.07) is 30.7. The highest BCUT2D eigenvalue weighted by Gasteiger charge is 2.46. The van der Waals surface area contributed by atoms with Gasteiger partial charge in [-0.15, -0.1) is 0 Å². The average Bonchev–Trinajstić information content (AvgIpc) is 2.91. The Morgan fingerprint density at radius 2 is 1.30 bits per heavy atom. The summed E-state index contributed by atoms with van der Waals surface area (Å²) in [6.45, 7) is 7.42. The Bertz CT molecular complexity index is 1000. The van der Waals surface area contributed by atoms with Crippen molar-refractivity contribution in [2.45, 2.75) is 64.4 Å². The second kappa shape index (κ2) is 14.3. The van der Waals surface area contributed by atoms with Gasteiger partial charge in [-0.05, 0) is 41.4 Å². The summed E-state index contributed by atoms with van der Waals surface area (Å²) in [7, 11) is 0. The van der Waals surface area contributed by atoms with E-state index in [0.29, 0.717) is 26.1 Å². The molecule has 0 saturated heterocycles. The van der Waals surface area contributed by atoms with Crippen LogP contribution < -0.4 is 0 Å². The SMILES string of the molecule is CC(C)(C)C(OCC[C@H](O)[C@H](CC/C=C/CO)OCc1ccccc1)(c1ccccc1)c1ccccc1. The molecule has 0 amide bonds. The van der Waals surface area contributed by atoms with Crippen molar-refractivity contribution in [1.82, 2.24) is 0 Å². The van der Waals surface area contributed by atoms with Crippen molar-refractivity contribution in [2.24, 2.45) is 5.41 Å². The van der Waals surface area contributed by atoms with Crippen molar-refractivity contribution < 1.29 is 19.7 Å². The summed E-state index contributed by atoms with van der Waals surface area (Å²) in [5.74, 6) is 0. The van der Waals surface area contributed by atoms with Gasteiger partial charge in [0.15, 0.2) is 0 Å². The van der Waals surface area contributed by atoms with E-state index in [2.05, 4.69) is 45.0 Å². The Balaban J connectivity index is 1.77. The first-order valence-corrected chi connectivity index (χ1v) is 13.2. The molecule has 0 aromatic heterocycles. The smallest absolute Gasteiger partial charge is 0.123 e. The third-order valence-electron chi connectivity index (χ3n) is 6.77. The Kier molecular flexibility index (Phi) is 11.1. The van der Waals surface area contributed by atoms with Crippen molar-refractivity contribution in [2.75, 3.05) is 13.2 Å². The normalized spacial score (nSPS) is 14.1. The molecule has 37 heavy (non-hydrogen) atoms. The molecule has 0 aliphatic carbocycles. The van der Waals surface area contributed by atoms with Gasteiger partial charge in [-0.3, -0.25) is 0 Å². The summed E-state index contributed by atoms with van der Waals surface area (Å²) >= 11 is 0. The lowest BCUT2D eigenvalue weighted by molar-refractivity contribution is -0.113. The predicted molar refractivity (Wildman–Crippen MR) is 150 cm³/mol. The van der Waals surface area contributed by atoms with Gasteiger partial charge < -0.3 is 19.7 Å². The van der Waals surface area contributed by atoms with Crippen LogP contribution in [-0.4, -0.2) is 35.6 Å². The van der Waals surface area contributed by atoms with Crippen molar-refractivity contribution in [3.63, 3.8) is 0 Å². The Morgan fingerprint density at radius 3 is 1.81 bits per heavy atom. The first kappa shape index (κ1) is 28.8. The standard InChI is InChI=1S/C33H42O4/c1-32(2,3)33(28-18-10-5-11-19-28,29-20-12-6-13-21-29)37-25-23-30(35)31(22-14-7-15-24-34)36-26-27-16-8-4-9-17-27/h4-13,15-21,30-31,34-35H,14,22-26H2,1-3H3/b15-7+/t30-,31-/m0/s1. The first-order chi connectivity index (χ1) is 17.9. The van der Waals surface area contributed by atoms with Gasteiger partial charge in [-0.2, -0.15) is 0 Å². The molecule has 3 aromatic rings. The molecule has 3 rings (SSSR count). The highest BCUT2D eigenvalue weighted by Crippen LogP contribution is 2.48. The zero-order chi connectivity index (χ0) is 26.6. The monoisotopic (exact) mass is 502 g/mol. The molecule has 0 fully saturated rings. The maximum Gasteiger partial charge on any atom is 0.123 e. The predicted octanol–water partition coefficient (Wildman–Crippen LogP) is 6.66. The van der Waals surface area contributed by atoms with Gasteiger partial charge >= 0.3 is 0 Å². The van der Waals surface area contributed by atoms with Crippen LogP contribution in [0, 0.1) is 5.41 Å². The number of benzene rings is 3. The van der Waals surface area contributed by atoms with Gasteiger partial charge in [-0.1, -0.05) is 124 Å². The molecular formula is C33H42O4. The number of hydrogen-bond donors (Lipinski definition) is 2. The van der Waals surface area contributed by atoms with E-state index >= 15 is 0 Å². The molecule has 0 spiro atoms. The van der Waals surface area contributed by atoms with Gasteiger partial charge in [0.25, 0.3) is 0 Å². The minimum absolute atomic E-state index is 0.0137. The van der Waals surface area contributed by atoms with E-state index < -0.39 is 11.7 Å². The van der Waals surface area contributed by atoms with E-state index in [4.69, 9.17) is 14.6 Å². The van der Waals surface area contributed by atoms with E-state index in [1.165, 1.54) is 0 Å². The van der Waals surface area contributed by atoms with Crippen LogP contribution in [0.5, 0.6) is 0 Å². The molecule has 2 N–H and O–H groups in total. The molecule has 3 aromatic carbocycles. The highest BCUT2D eigenvalue weighted by molar-refractivity contribution is 5.38. The molecule has 198 valence electrons. The maximum atomic E-state index is 11.2. The minimum atomic E-state index is -0.685. The molecule has 0 aliphatic heterocycles. The second-order valence-electron chi connectivity index (χ2n) is 10.4. The number of hydrogen-bond acceptors (Lipinski definition) is 4. The van der Waals surface area contributed by atoms with Crippen molar-refractivity contribution in [1.29, 1.82) is 0 Å². The molecule has 0 saturated carbocycles. The molecule has 2 atom stereocenters. The van der Waals surface area contributed by atoms with E-state index in [1.54, 1.807) is 6.08 Å². The summed E-state index contributed by atoms with van der Waals surface area (Å²) in [6.07, 6.45) is 4.45. The van der Waals surface area contributed by atoms with Gasteiger partial charge in [0.1, 0.15) is 5.60 Å². The molecule has 0 aliphatic rings. The first-order valence-electron chi connectivity index (χ1n) is 13.2. The zero-order valence-corrected chi connectivity index (χ0v) is 22.4. The van der Waals surface area contributed by atoms with Crippen LogP contribution in [0.4, 0.5) is 0 Å². The topological polar surface area (TPSA) is 58.9 Å². The van der Waals surface area contributed by atoms with Crippen LogP contribution in [0.15, 0.2) is 103 Å². The Morgan fingerprint density at radius 1 is 0.757 bits per heavy atom. The number of ether oxygens (including phenoxy) is 2. The molecule has 0 heterocycles. The van der Waals surface area contributed by atoms with Crippen LogP contribution in [0.3, 0.4) is 0 Å². The Hall–Kier alpha value is -2.76. The summed E-state index contributed by atoms with van der Waals surface area (Å²) in [5, 5.41) is 20.3. The van der Waals surface area contributed by atoms with Crippen LogP contribution in [-0.2, 0) is 21.7 Å². The van der Waals surface area contributed by atoms with Crippen LogP contribution in [0.1, 0.15) is 56.7 Å². The molecule has 0 radical (unpaired) electrons. The molecule has 4 nitrogen and oxygen atoms in total. The van der Waals surface area contributed by atoms with E-state index in [9.17, 15) is 5.11 Å². The van der Waals surface area contributed by atoms with Crippen LogP contribution >= 0.6 is 0 Å². The summed E-state index contributed by atoms with van der Waals surface area (Å²) in [5.41, 5.74) is 2.32. The lowest BCUT2D eigenvalue weighted by Crippen LogP contribution is -2.44. The number of rotatable bonds is 14. The van der Waals surface area contributed by atoms with Crippen molar-refractivity contribution in [3.8, 4) is 0 Å². The average molecular weight is 503 g/mol. The van der Waals surface area contributed by atoms with E-state index in [0.717, 1.165) is 23.1 Å². The Labute approximate surface area is 222 Å². The maximum absolute atomic E-state index is 11.2. The van der Waals surface area contributed by atoms with E-state index in [1.807, 2.05) is 72.8 Å². The van der Waals surface area contributed by atoms with Gasteiger partial charge in [0, 0.05) is 0 Å². The molecule has 0 bridgehead atoms. The quantitative estimate of drug-likeness (QED) is 0.242. The van der Waals surface area contributed by atoms with Gasteiger partial charge in [-0.25, -0.2) is 0 Å². The summed E-state index contributed by atoms with van der Waals surface area (Å²) < 4.78 is 13.0. The number of allylic oxidation sites excluding steroid dienone is 1. The third-order valence-corrected chi connectivity index (χ3v) is 6.77. The summed E-state index contributed by atoms with van der Waals surface area (Å²) in [4.78, 5) is 0. The molecule has 0 unspecified atom stereocenters. The fraction of sp³-hybridized carbons (Fsp3) is 0.394.